The minimum atomic E-state index is -3.34. The molecule has 0 spiro atoms. The molecule has 1 atom stereocenters. The van der Waals surface area contributed by atoms with Crippen molar-refractivity contribution in [2.75, 3.05) is 17.8 Å². The van der Waals surface area contributed by atoms with Gasteiger partial charge in [-0.25, -0.2) is 13.4 Å². The number of aromatic nitrogens is 1. The topological polar surface area (TPSA) is 71.1 Å². The summed E-state index contributed by atoms with van der Waals surface area (Å²) in [4.78, 5) is 4.95. The maximum Gasteiger partial charge on any atom is 0.238 e. The van der Waals surface area contributed by atoms with Crippen LogP contribution in [-0.4, -0.2) is 31.7 Å². The third kappa shape index (κ3) is 3.73. The maximum atomic E-state index is 11.8. The van der Waals surface area contributed by atoms with Crippen molar-refractivity contribution in [3.8, 4) is 0 Å². The van der Waals surface area contributed by atoms with Gasteiger partial charge >= 0.3 is 0 Å². The predicted octanol–water partition coefficient (Wildman–Crippen LogP) is 1.19. The number of anilines is 1. The number of thiazole rings is 1. The molecule has 16 heavy (non-hydrogen) atoms. The van der Waals surface area contributed by atoms with E-state index in [0.29, 0.717) is 11.7 Å². The number of aryl methyl sites for hydroxylation is 1. The lowest BCUT2D eigenvalue weighted by Crippen LogP contribution is -2.34. The highest BCUT2D eigenvalue weighted by Gasteiger charge is 2.21. The molecule has 0 aliphatic heterocycles. The zero-order valence-electron chi connectivity index (χ0n) is 9.65. The molecule has 0 aliphatic carbocycles. The fraction of sp³-hybridized carbons (Fsp3) is 0.667. The monoisotopic (exact) mass is 263 g/mol. The summed E-state index contributed by atoms with van der Waals surface area (Å²) in [6.45, 7) is 6.70. The summed E-state index contributed by atoms with van der Waals surface area (Å²) in [7, 11) is -3.34. The molecule has 1 aromatic rings. The van der Waals surface area contributed by atoms with E-state index in [0.717, 1.165) is 11.4 Å². The summed E-state index contributed by atoms with van der Waals surface area (Å²) in [6, 6.07) is 0. The Hall–Kier alpha value is -0.660. The zero-order valence-corrected chi connectivity index (χ0v) is 11.3. The molecule has 1 unspecified atom stereocenters. The van der Waals surface area contributed by atoms with Crippen molar-refractivity contribution in [2.45, 2.75) is 26.0 Å². The smallest absolute Gasteiger partial charge is 0.238 e. The van der Waals surface area contributed by atoms with Crippen LogP contribution in [-0.2, 0) is 10.0 Å². The fourth-order valence-electron chi connectivity index (χ4n) is 1.08. The minimum absolute atomic E-state index is 0.431. The number of sulfonamides is 1. The Labute approximate surface area is 100 Å². The summed E-state index contributed by atoms with van der Waals surface area (Å²) < 4.78 is 26.1. The lowest BCUT2D eigenvalue weighted by atomic mass is 10.5. The third-order valence-electron chi connectivity index (χ3n) is 2.06. The van der Waals surface area contributed by atoms with E-state index in [-0.39, 0.29) is 0 Å². The van der Waals surface area contributed by atoms with E-state index in [4.69, 9.17) is 0 Å². The highest BCUT2D eigenvalue weighted by molar-refractivity contribution is 7.93. The van der Waals surface area contributed by atoms with Gasteiger partial charge in [-0.3, -0.25) is 4.72 Å². The molecule has 0 radical (unpaired) electrons. The van der Waals surface area contributed by atoms with Crippen LogP contribution in [0.3, 0.4) is 0 Å². The van der Waals surface area contributed by atoms with Crippen LogP contribution in [0.25, 0.3) is 0 Å². The van der Waals surface area contributed by atoms with Crippen LogP contribution in [0.4, 0.5) is 5.13 Å². The number of rotatable bonds is 6. The van der Waals surface area contributed by atoms with E-state index in [1.807, 2.05) is 13.8 Å². The number of nitrogens with one attached hydrogen (secondary N) is 2. The summed E-state index contributed by atoms with van der Waals surface area (Å²) >= 11 is 1.33. The fourth-order valence-corrected chi connectivity index (χ4v) is 2.95. The molecule has 1 heterocycles. The van der Waals surface area contributed by atoms with Crippen molar-refractivity contribution in [3.63, 3.8) is 0 Å². The van der Waals surface area contributed by atoms with Crippen molar-refractivity contribution in [2.24, 2.45) is 0 Å². The zero-order chi connectivity index (χ0) is 12.2. The molecule has 0 fully saturated rings. The summed E-state index contributed by atoms with van der Waals surface area (Å²) in [5.41, 5.74) is 0. The van der Waals surface area contributed by atoms with Gasteiger partial charge < -0.3 is 5.32 Å². The molecule has 92 valence electrons. The molecule has 0 amide bonds. The van der Waals surface area contributed by atoms with E-state index in [1.54, 1.807) is 13.1 Å². The van der Waals surface area contributed by atoms with Crippen LogP contribution in [0.5, 0.6) is 0 Å². The molecular formula is C9H17N3O2S2. The molecule has 0 saturated carbocycles. The highest BCUT2D eigenvalue weighted by atomic mass is 32.2. The average molecular weight is 263 g/mol. The second-order valence-corrected chi connectivity index (χ2v) is 6.88. The molecular weight excluding hydrogens is 246 g/mol. The predicted molar refractivity (Wildman–Crippen MR) is 67.4 cm³/mol. The molecule has 2 N–H and O–H groups in total. The molecule has 0 saturated heterocycles. The lowest BCUT2D eigenvalue weighted by Gasteiger charge is -2.13. The van der Waals surface area contributed by atoms with Gasteiger partial charge in [0.1, 0.15) is 0 Å². The Morgan fingerprint density at radius 2 is 2.25 bits per heavy atom. The second kappa shape index (κ2) is 5.60. The Kier molecular flexibility index (Phi) is 4.69. The highest BCUT2D eigenvalue weighted by Crippen LogP contribution is 2.18. The Bertz CT molecular complexity index is 428. The van der Waals surface area contributed by atoms with Gasteiger partial charge in [-0.05, 0) is 20.4 Å². The summed E-state index contributed by atoms with van der Waals surface area (Å²) in [5, 5.41) is 2.96. The normalized spacial score (nSPS) is 13.7. The van der Waals surface area contributed by atoms with Crippen molar-refractivity contribution < 1.29 is 8.42 Å². The first-order chi connectivity index (χ1) is 7.45. The van der Waals surface area contributed by atoms with Crippen LogP contribution in [0, 0.1) is 6.92 Å². The largest absolute Gasteiger partial charge is 0.316 e. The average Bonchev–Trinajstić information content (AvgIpc) is 2.59. The molecule has 1 aromatic heterocycles. The van der Waals surface area contributed by atoms with Crippen molar-refractivity contribution >= 4 is 26.5 Å². The molecule has 7 heteroatoms. The molecule has 0 aliphatic rings. The molecule has 0 aromatic carbocycles. The Morgan fingerprint density at radius 1 is 1.56 bits per heavy atom. The first kappa shape index (κ1) is 13.4. The van der Waals surface area contributed by atoms with Crippen molar-refractivity contribution in [3.05, 3.63) is 11.1 Å². The van der Waals surface area contributed by atoms with E-state index in [1.165, 1.54) is 11.3 Å². The quantitative estimate of drug-likeness (QED) is 0.809. The Morgan fingerprint density at radius 3 is 2.75 bits per heavy atom. The van der Waals surface area contributed by atoms with Crippen LogP contribution in [0.2, 0.25) is 0 Å². The van der Waals surface area contributed by atoms with Gasteiger partial charge in [0.25, 0.3) is 0 Å². The van der Waals surface area contributed by atoms with Gasteiger partial charge in [-0.2, -0.15) is 0 Å². The van der Waals surface area contributed by atoms with Crippen molar-refractivity contribution in [1.29, 1.82) is 0 Å². The first-order valence-electron chi connectivity index (χ1n) is 5.10. The van der Waals surface area contributed by atoms with Crippen LogP contribution in [0.1, 0.15) is 18.7 Å². The van der Waals surface area contributed by atoms with E-state index >= 15 is 0 Å². The summed E-state index contributed by atoms with van der Waals surface area (Å²) in [5.74, 6) is 0. The van der Waals surface area contributed by atoms with E-state index in [9.17, 15) is 8.42 Å². The van der Waals surface area contributed by atoms with Crippen LogP contribution in [0.15, 0.2) is 6.20 Å². The van der Waals surface area contributed by atoms with E-state index in [2.05, 4.69) is 15.0 Å². The van der Waals surface area contributed by atoms with Gasteiger partial charge in [-0.1, -0.05) is 6.92 Å². The Balaban J connectivity index is 2.64. The van der Waals surface area contributed by atoms with Crippen LogP contribution >= 0.6 is 11.3 Å². The molecule has 5 nitrogen and oxygen atoms in total. The first-order valence-corrected chi connectivity index (χ1v) is 7.46. The van der Waals surface area contributed by atoms with Crippen molar-refractivity contribution in [1.82, 2.24) is 10.3 Å². The third-order valence-corrected chi connectivity index (χ3v) is 4.72. The standard InChI is InChI=1S/C9H17N3O2S2/c1-4-10-6-8(3)16(13,14)12-9-11-5-7(2)15-9/h5,8,10H,4,6H2,1-3H3,(H,11,12). The SMILES string of the molecule is CCNCC(C)S(=O)(=O)Nc1ncc(C)s1. The number of nitrogens with zero attached hydrogens (tertiary/aromatic N) is 1. The second-order valence-electron chi connectivity index (χ2n) is 3.54. The van der Waals surface area contributed by atoms with E-state index < -0.39 is 15.3 Å². The van der Waals surface area contributed by atoms with Crippen LogP contribution < -0.4 is 10.0 Å². The minimum Gasteiger partial charge on any atom is -0.316 e. The number of hydrogen-bond acceptors (Lipinski definition) is 5. The molecule has 0 bridgehead atoms. The van der Waals surface area contributed by atoms with Gasteiger partial charge in [0, 0.05) is 17.6 Å². The maximum absolute atomic E-state index is 11.8. The number of hydrogen-bond donors (Lipinski definition) is 2. The van der Waals surface area contributed by atoms with Gasteiger partial charge in [0.05, 0.1) is 5.25 Å². The van der Waals surface area contributed by atoms with Gasteiger partial charge in [0.2, 0.25) is 10.0 Å². The van der Waals surface area contributed by atoms with Gasteiger partial charge in [-0.15, -0.1) is 11.3 Å². The lowest BCUT2D eigenvalue weighted by molar-refractivity contribution is 0.579. The molecule has 1 rings (SSSR count). The summed E-state index contributed by atoms with van der Waals surface area (Å²) in [6.07, 6.45) is 1.65. The van der Waals surface area contributed by atoms with Gasteiger partial charge in [0.15, 0.2) is 5.13 Å².